The average molecular weight is 319 g/mol. The second-order valence-corrected chi connectivity index (χ2v) is 6.05. The Balaban J connectivity index is 1.95. The smallest absolute Gasteiger partial charge is 0.223 e. The molecule has 1 aliphatic heterocycles. The van der Waals surface area contributed by atoms with Gasteiger partial charge in [-0.25, -0.2) is 4.98 Å². The van der Waals surface area contributed by atoms with Gasteiger partial charge in [0.15, 0.2) is 0 Å². The van der Waals surface area contributed by atoms with E-state index in [1.54, 1.807) is 0 Å². The van der Waals surface area contributed by atoms with E-state index in [1.807, 2.05) is 18.3 Å². The van der Waals surface area contributed by atoms with Crippen LogP contribution in [-0.4, -0.2) is 37.2 Å². The average Bonchev–Trinajstić information content (AvgIpc) is 2.61. The van der Waals surface area contributed by atoms with Crippen molar-refractivity contribution < 1.29 is 9.53 Å². The van der Waals surface area contributed by atoms with Crippen LogP contribution < -0.4 is 10.2 Å². The van der Waals surface area contributed by atoms with Gasteiger partial charge in [-0.15, -0.1) is 0 Å². The molecule has 5 nitrogen and oxygen atoms in total. The maximum atomic E-state index is 12.4. The molecular formula is C18H29N3O2. The summed E-state index contributed by atoms with van der Waals surface area (Å²) in [7, 11) is 0. The lowest BCUT2D eigenvalue weighted by molar-refractivity contribution is -0.125. The lowest BCUT2D eigenvalue weighted by atomic mass is 9.98. The summed E-state index contributed by atoms with van der Waals surface area (Å²) in [5, 5.41) is 3.10. The molecule has 2 rings (SSSR count). The molecule has 1 atom stereocenters. The number of carbonyl (C=O) groups is 1. The Morgan fingerprint density at radius 1 is 1.39 bits per heavy atom. The summed E-state index contributed by atoms with van der Waals surface area (Å²) in [6.45, 7) is 7.96. The van der Waals surface area contributed by atoms with Crippen molar-refractivity contribution in [2.45, 2.75) is 46.1 Å². The zero-order chi connectivity index (χ0) is 16.5. The Labute approximate surface area is 139 Å². The highest BCUT2D eigenvalue weighted by atomic mass is 16.5. The first-order chi connectivity index (χ1) is 11.3. The number of aromatic nitrogens is 1. The first-order valence-corrected chi connectivity index (χ1v) is 8.80. The minimum absolute atomic E-state index is 0.124. The summed E-state index contributed by atoms with van der Waals surface area (Å²) in [4.78, 5) is 19.1. The molecule has 0 aromatic carbocycles. The Morgan fingerprint density at radius 3 is 2.87 bits per heavy atom. The first-order valence-electron chi connectivity index (χ1n) is 8.80. The van der Waals surface area contributed by atoms with E-state index in [1.165, 1.54) is 0 Å². The van der Waals surface area contributed by atoms with Crippen molar-refractivity contribution in [2.75, 3.05) is 31.2 Å². The molecule has 0 saturated carbocycles. The summed E-state index contributed by atoms with van der Waals surface area (Å²) in [5.41, 5.74) is 1.08. The molecule has 1 aromatic rings. The number of rotatable bonds is 8. The van der Waals surface area contributed by atoms with Crippen LogP contribution in [0.15, 0.2) is 18.3 Å². The van der Waals surface area contributed by atoms with Gasteiger partial charge in [-0.2, -0.15) is 0 Å². The Kier molecular flexibility index (Phi) is 7.33. The number of carbonyl (C=O) groups excluding carboxylic acids is 1. The SMILES string of the molecule is CCCCC(CC)C(=O)NCc1cccnc1N1CCOCC1. The van der Waals surface area contributed by atoms with Crippen LogP contribution >= 0.6 is 0 Å². The molecule has 23 heavy (non-hydrogen) atoms. The van der Waals surface area contributed by atoms with E-state index in [-0.39, 0.29) is 11.8 Å². The van der Waals surface area contributed by atoms with Gasteiger partial charge >= 0.3 is 0 Å². The van der Waals surface area contributed by atoms with Gasteiger partial charge < -0.3 is 15.0 Å². The highest BCUT2D eigenvalue weighted by molar-refractivity contribution is 5.78. The molecule has 5 heteroatoms. The fourth-order valence-corrected chi connectivity index (χ4v) is 2.93. The summed E-state index contributed by atoms with van der Waals surface area (Å²) in [6.07, 6.45) is 5.93. The van der Waals surface area contributed by atoms with Crippen LogP contribution in [0.3, 0.4) is 0 Å². The lowest BCUT2D eigenvalue weighted by Gasteiger charge is -2.29. The molecule has 1 fully saturated rings. The van der Waals surface area contributed by atoms with Gasteiger partial charge in [-0.05, 0) is 18.9 Å². The maximum Gasteiger partial charge on any atom is 0.223 e. The Bertz CT molecular complexity index is 487. The van der Waals surface area contributed by atoms with Gasteiger partial charge in [0.05, 0.1) is 13.2 Å². The van der Waals surface area contributed by atoms with Crippen molar-refractivity contribution in [1.82, 2.24) is 10.3 Å². The molecule has 1 amide bonds. The Hall–Kier alpha value is -1.62. The van der Waals surface area contributed by atoms with E-state index in [0.29, 0.717) is 6.54 Å². The number of unbranched alkanes of at least 4 members (excludes halogenated alkanes) is 1. The number of anilines is 1. The molecule has 1 N–H and O–H groups in total. The maximum absolute atomic E-state index is 12.4. The summed E-state index contributed by atoms with van der Waals surface area (Å²) in [6, 6.07) is 3.98. The van der Waals surface area contributed by atoms with Gasteiger partial charge in [-0.3, -0.25) is 4.79 Å². The van der Waals surface area contributed by atoms with Crippen molar-refractivity contribution in [3.05, 3.63) is 23.9 Å². The number of nitrogens with zero attached hydrogens (tertiary/aromatic N) is 2. The molecule has 1 saturated heterocycles. The van der Waals surface area contributed by atoms with E-state index in [2.05, 4.69) is 29.0 Å². The fourth-order valence-electron chi connectivity index (χ4n) is 2.93. The van der Waals surface area contributed by atoms with E-state index in [4.69, 9.17) is 4.74 Å². The molecule has 0 spiro atoms. The fraction of sp³-hybridized carbons (Fsp3) is 0.667. The first kappa shape index (κ1) is 17.7. The highest BCUT2D eigenvalue weighted by Gasteiger charge is 2.18. The number of pyridine rings is 1. The van der Waals surface area contributed by atoms with E-state index < -0.39 is 0 Å². The van der Waals surface area contributed by atoms with Crippen LogP contribution in [0.25, 0.3) is 0 Å². The minimum Gasteiger partial charge on any atom is -0.378 e. The van der Waals surface area contributed by atoms with Gasteiger partial charge in [0, 0.05) is 37.3 Å². The van der Waals surface area contributed by atoms with Crippen LogP contribution in [0.5, 0.6) is 0 Å². The van der Waals surface area contributed by atoms with Crippen LogP contribution in [0.1, 0.15) is 45.1 Å². The number of hydrogen-bond donors (Lipinski definition) is 1. The largest absolute Gasteiger partial charge is 0.378 e. The van der Waals surface area contributed by atoms with Crippen molar-refractivity contribution in [1.29, 1.82) is 0 Å². The third-order valence-corrected chi connectivity index (χ3v) is 4.40. The standard InChI is InChI=1S/C18H29N3O2/c1-3-5-7-15(4-2)18(22)20-14-16-8-6-9-19-17(16)21-10-12-23-13-11-21/h6,8-9,15H,3-5,7,10-14H2,1-2H3,(H,20,22). The van der Waals surface area contributed by atoms with Crippen molar-refractivity contribution in [3.8, 4) is 0 Å². The van der Waals surface area contributed by atoms with Crippen LogP contribution in [0.4, 0.5) is 5.82 Å². The van der Waals surface area contributed by atoms with Gasteiger partial charge in [0.1, 0.15) is 5.82 Å². The molecule has 128 valence electrons. The number of amides is 1. The second kappa shape index (κ2) is 9.50. The summed E-state index contributed by atoms with van der Waals surface area (Å²) >= 11 is 0. The van der Waals surface area contributed by atoms with Gasteiger partial charge in [-0.1, -0.05) is 32.8 Å². The molecule has 2 heterocycles. The molecule has 0 aliphatic carbocycles. The molecule has 1 aliphatic rings. The van der Waals surface area contributed by atoms with Crippen molar-refractivity contribution in [3.63, 3.8) is 0 Å². The van der Waals surface area contributed by atoms with Crippen LogP contribution in [0.2, 0.25) is 0 Å². The molecule has 1 aromatic heterocycles. The molecule has 0 bridgehead atoms. The highest BCUT2D eigenvalue weighted by Crippen LogP contribution is 2.19. The second-order valence-electron chi connectivity index (χ2n) is 6.05. The summed E-state index contributed by atoms with van der Waals surface area (Å²) in [5.74, 6) is 1.26. The number of morpholine rings is 1. The van der Waals surface area contributed by atoms with E-state index in [0.717, 1.165) is 63.4 Å². The van der Waals surface area contributed by atoms with Crippen molar-refractivity contribution >= 4 is 11.7 Å². The third kappa shape index (κ3) is 5.20. The van der Waals surface area contributed by atoms with Crippen molar-refractivity contribution in [2.24, 2.45) is 5.92 Å². The number of nitrogens with one attached hydrogen (secondary N) is 1. The topological polar surface area (TPSA) is 54.5 Å². The molecular weight excluding hydrogens is 290 g/mol. The number of hydrogen-bond acceptors (Lipinski definition) is 4. The quantitative estimate of drug-likeness (QED) is 0.800. The van der Waals surface area contributed by atoms with Gasteiger partial charge in [0.25, 0.3) is 0 Å². The number of ether oxygens (including phenoxy) is 1. The van der Waals surface area contributed by atoms with Crippen LogP contribution in [-0.2, 0) is 16.1 Å². The third-order valence-electron chi connectivity index (χ3n) is 4.40. The van der Waals surface area contributed by atoms with E-state index >= 15 is 0 Å². The normalized spacial score (nSPS) is 16.2. The lowest BCUT2D eigenvalue weighted by Crippen LogP contribution is -2.38. The molecule has 0 radical (unpaired) electrons. The monoisotopic (exact) mass is 319 g/mol. The zero-order valence-corrected chi connectivity index (χ0v) is 14.4. The summed E-state index contributed by atoms with van der Waals surface area (Å²) < 4.78 is 5.40. The Morgan fingerprint density at radius 2 is 2.17 bits per heavy atom. The predicted molar refractivity (Wildman–Crippen MR) is 92.4 cm³/mol. The minimum atomic E-state index is 0.124. The zero-order valence-electron chi connectivity index (χ0n) is 14.4. The van der Waals surface area contributed by atoms with Crippen LogP contribution in [0, 0.1) is 5.92 Å². The van der Waals surface area contributed by atoms with E-state index in [9.17, 15) is 4.79 Å². The molecule has 1 unspecified atom stereocenters. The predicted octanol–water partition coefficient (Wildman–Crippen LogP) is 2.75. The van der Waals surface area contributed by atoms with Gasteiger partial charge in [0.2, 0.25) is 5.91 Å².